The van der Waals surface area contributed by atoms with Crippen LogP contribution in [0.3, 0.4) is 0 Å². The van der Waals surface area contributed by atoms with Crippen LogP contribution >= 0.6 is 0 Å². The fourth-order valence-electron chi connectivity index (χ4n) is 5.45. The predicted octanol–water partition coefficient (Wildman–Crippen LogP) is 3.25. The van der Waals surface area contributed by atoms with Crippen LogP contribution in [0.5, 0.6) is 0 Å². The van der Waals surface area contributed by atoms with Crippen LogP contribution in [0.2, 0.25) is 0 Å². The Kier molecular flexibility index (Phi) is 4.80. The molecule has 156 valence electrons. The third-order valence-corrected chi connectivity index (χ3v) is 6.86. The first-order chi connectivity index (χ1) is 12.7. The minimum absolute atomic E-state index is 0.0308. The third kappa shape index (κ3) is 2.77. The fraction of sp³-hybridized carbons (Fsp3) is 1.00. The van der Waals surface area contributed by atoms with E-state index in [4.69, 9.17) is 29.7 Å². The normalized spacial score (nSPS) is 49.6. The van der Waals surface area contributed by atoms with Gasteiger partial charge in [-0.3, -0.25) is 0 Å². The smallest absolute Gasteiger partial charge is 0.342 e. The van der Waals surface area contributed by atoms with Crippen molar-refractivity contribution in [3.05, 3.63) is 0 Å². The summed E-state index contributed by atoms with van der Waals surface area (Å²) in [4.78, 5) is 11.4. The maximum Gasteiger partial charge on any atom is 0.443 e. The number of halogens is 3. The summed E-state index contributed by atoms with van der Waals surface area (Å²) in [5, 5.41) is 0. The highest BCUT2D eigenvalue weighted by atomic mass is 19.4. The van der Waals surface area contributed by atoms with E-state index in [0.29, 0.717) is 19.3 Å². The van der Waals surface area contributed by atoms with Crippen molar-refractivity contribution in [2.45, 2.75) is 82.0 Å². The number of ether oxygens (including phenoxy) is 3. The van der Waals surface area contributed by atoms with E-state index in [1.54, 1.807) is 6.92 Å². The first-order valence-corrected chi connectivity index (χ1v) is 9.82. The zero-order chi connectivity index (χ0) is 19.5. The van der Waals surface area contributed by atoms with Crippen LogP contribution in [-0.4, -0.2) is 42.8 Å². The molecular weight excluding hydrogens is 367 g/mol. The monoisotopic (exact) mass is 395 g/mol. The Bertz CT molecular complexity index is 578. The lowest BCUT2D eigenvalue weighted by atomic mass is 9.59. The molecule has 5 rings (SSSR count). The van der Waals surface area contributed by atoms with Gasteiger partial charge in [0, 0.05) is 18.3 Å². The molecule has 0 amide bonds. The van der Waals surface area contributed by atoms with Crippen molar-refractivity contribution in [1.29, 1.82) is 0 Å². The summed E-state index contributed by atoms with van der Waals surface area (Å²) in [6.07, 6.45) is -1.99. The minimum atomic E-state index is -4.72. The summed E-state index contributed by atoms with van der Waals surface area (Å²) in [5.41, 5.74) is 4.41. The molecule has 0 radical (unpaired) electrons. The van der Waals surface area contributed by atoms with Gasteiger partial charge in [0.05, 0.1) is 6.61 Å². The van der Waals surface area contributed by atoms with Crippen LogP contribution in [0.4, 0.5) is 13.2 Å². The van der Waals surface area contributed by atoms with Crippen LogP contribution in [-0.2, 0) is 24.0 Å². The van der Waals surface area contributed by atoms with E-state index in [0.717, 1.165) is 19.3 Å². The lowest BCUT2D eigenvalue weighted by molar-refractivity contribution is -0.597. The molecule has 2 N–H and O–H groups in total. The van der Waals surface area contributed by atoms with Crippen LogP contribution in [0.1, 0.15) is 52.4 Å². The van der Waals surface area contributed by atoms with Gasteiger partial charge in [-0.1, -0.05) is 13.3 Å². The second-order valence-corrected chi connectivity index (χ2v) is 8.44. The van der Waals surface area contributed by atoms with E-state index >= 15 is 0 Å². The van der Waals surface area contributed by atoms with Crippen molar-refractivity contribution in [3.63, 3.8) is 0 Å². The Morgan fingerprint density at radius 3 is 2.63 bits per heavy atom. The molecule has 1 unspecified atom stereocenters. The summed E-state index contributed by atoms with van der Waals surface area (Å²) >= 11 is 0. The molecular formula is C18H28F3NO5. The zero-order valence-corrected chi connectivity index (χ0v) is 15.7. The highest BCUT2D eigenvalue weighted by Crippen LogP contribution is 2.63. The van der Waals surface area contributed by atoms with Crippen LogP contribution in [0.25, 0.3) is 0 Å². The number of rotatable bonds is 4. The predicted molar refractivity (Wildman–Crippen MR) is 86.9 cm³/mol. The highest BCUT2D eigenvalue weighted by Gasteiger charge is 2.76. The standard InChI is InChI=1S/C18H28F3NO5/c1-11-13-6-3-5-12-7-8-15(2)24-14(16(12,13)27-26-15)25-17(11,18(19,20)21)23-10-4-9-22/h11-14H,3-10,22H2,1-2H3/t11-,12?,13+,14+,15+,16-,17-/m1/s1. The molecule has 9 heteroatoms. The van der Waals surface area contributed by atoms with Gasteiger partial charge in [0.25, 0.3) is 5.79 Å². The topological polar surface area (TPSA) is 72.2 Å². The minimum Gasteiger partial charge on any atom is -0.342 e. The molecule has 4 heterocycles. The Balaban J connectivity index is 1.76. The fourth-order valence-corrected chi connectivity index (χ4v) is 5.45. The molecule has 2 bridgehead atoms. The van der Waals surface area contributed by atoms with Gasteiger partial charge in [-0.05, 0) is 45.1 Å². The molecule has 4 saturated heterocycles. The first kappa shape index (κ1) is 19.8. The third-order valence-electron chi connectivity index (χ3n) is 6.86. The van der Waals surface area contributed by atoms with E-state index in [9.17, 15) is 13.2 Å². The molecule has 27 heavy (non-hydrogen) atoms. The van der Waals surface area contributed by atoms with Gasteiger partial charge in [0.1, 0.15) is 0 Å². The average molecular weight is 395 g/mol. The first-order valence-electron chi connectivity index (χ1n) is 9.82. The summed E-state index contributed by atoms with van der Waals surface area (Å²) in [6.45, 7) is 3.33. The van der Waals surface area contributed by atoms with Gasteiger partial charge < -0.3 is 19.9 Å². The molecule has 0 aromatic carbocycles. The van der Waals surface area contributed by atoms with Crippen molar-refractivity contribution < 1.29 is 37.2 Å². The molecule has 5 fully saturated rings. The Morgan fingerprint density at radius 2 is 1.93 bits per heavy atom. The summed E-state index contributed by atoms with van der Waals surface area (Å²) in [6, 6.07) is 0. The largest absolute Gasteiger partial charge is 0.443 e. The summed E-state index contributed by atoms with van der Waals surface area (Å²) < 4.78 is 59.9. The van der Waals surface area contributed by atoms with Crippen molar-refractivity contribution in [2.75, 3.05) is 13.2 Å². The maximum atomic E-state index is 14.3. The molecule has 7 atom stereocenters. The van der Waals surface area contributed by atoms with E-state index < -0.39 is 41.5 Å². The molecule has 6 nitrogen and oxygen atoms in total. The highest BCUT2D eigenvalue weighted by molar-refractivity contribution is 5.11. The lowest BCUT2D eigenvalue weighted by Gasteiger charge is -2.62. The number of fused-ring (bicyclic) bond motifs is 2. The van der Waals surface area contributed by atoms with E-state index in [2.05, 4.69) is 0 Å². The summed E-state index contributed by atoms with van der Waals surface area (Å²) in [7, 11) is 0. The molecule has 0 aromatic rings. The van der Waals surface area contributed by atoms with Crippen molar-refractivity contribution in [2.24, 2.45) is 23.5 Å². The Labute approximate surface area is 156 Å². The Hall–Kier alpha value is -0.450. The SMILES string of the molecule is C[C@@H]1[C@@H]2CCCC3CC[C@]4(C)OO[C@]32[C@@H](O4)O[C@@]1(OCCCN)C(F)(F)F. The van der Waals surface area contributed by atoms with Gasteiger partial charge >= 0.3 is 6.18 Å². The van der Waals surface area contributed by atoms with Crippen molar-refractivity contribution in [1.82, 2.24) is 0 Å². The average Bonchev–Trinajstić information content (AvgIpc) is 2.83. The second kappa shape index (κ2) is 6.53. The Morgan fingerprint density at radius 1 is 1.15 bits per heavy atom. The number of hydrogen-bond acceptors (Lipinski definition) is 6. The van der Waals surface area contributed by atoms with Gasteiger partial charge in [-0.15, -0.1) is 0 Å². The number of hydrogen-bond donors (Lipinski definition) is 1. The van der Waals surface area contributed by atoms with Gasteiger partial charge in [0.2, 0.25) is 5.79 Å². The van der Waals surface area contributed by atoms with Gasteiger partial charge in [0.15, 0.2) is 11.9 Å². The van der Waals surface area contributed by atoms with E-state index in [1.165, 1.54) is 6.92 Å². The molecule has 5 aliphatic rings. The number of nitrogens with two attached hydrogens (primary N) is 1. The van der Waals surface area contributed by atoms with Gasteiger partial charge in [-0.25, -0.2) is 9.78 Å². The van der Waals surface area contributed by atoms with Crippen LogP contribution < -0.4 is 5.73 Å². The molecule has 1 aliphatic carbocycles. The molecule has 1 saturated carbocycles. The van der Waals surface area contributed by atoms with E-state index in [-0.39, 0.29) is 19.1 Å². The molecule has 4 aliphatic heterocycles. The van der Waals surface area contributed by atoms with Crippen LogP contribution in [0.15, 0.2) is 0 Å². The second-order valence-electron chi connectivity index (χ2n) is 8.44. The van der Waals surface area contributed by atoms with Gasteiger partial charge in [-0.2, -0.15) is 13.2 Å². The summed E-state index contributed by atoms with van der Waals surface area (Å²) in [5.74, 6) is -5.24. The quantitative estimate of drug-likeness (QED) is 0.582. The van der Waals surface area contributed by atoms with Crippen molar-refractivity contribution >= 4 is 0 Å². The lowest BCUT2D eigenvalue weighted by Crippen LogP contribution is -2.75. The zero-order valence-electron chi connectivity index (χ0n) is 15.7. The maximum absolute atomic E-state index is 14.3. The van der Waals surface area contributed by atoms with E-state index in [1.807, 2.05) is 0 Å². The molecule has 1 spiro atoms. The molecule has 0 aromatic heterocycles. The van der Waals surface area contributed by atoms with Crippen molar-refractivity contribution in [3.8, 4) is 0 Å². The van der Waals surface area contributed by atoms with Crippen LogP contribution in [0, 0.1) is 17.8 Å². The number of alkyl halides is 3.